The van der Waals surface area contributed by atoms with Crippen molar-refractivity contribution in [3.05, 3.63) is 47.1 Å². The number of aliphatic imine (C=N–C) groups is 1. The fourth-order valence-corrected chi connectivity index (χ4v) is 3.41. The normalized spacial score (nSPS) is 16.8. The molecular formula is C20H26ClN5O2. The lowest BCUT2D eigenvalue weighted by Crippen LogP contribution is -2.44. The summed E-state index contributed by atoms with van der Waals surface area (Å²) < 4.78 is 10.6. The Kier molecular flexibility index (Phi) is 6.81. The topological polar surface area (TPSA) is 71.0 Å². The molecule has 1 saturated heterocycles. The fraction of sp³-hybridized carbons (Fsp3) is 0.400. The van der Waals surface area contributed by atoms with Gasteiger partial charge in [0.2, 0.25) is 5.88 Å². The van der Waals surface area contributed by atoms with Gasteiger partial charge in [-0.05, 0) is 30.7 Å². The van der Waals surface area contributed by atoms with Gasteiger partial charge in [-0.25, -0.2) is 4.98 Å². The molecule has 1 fully saturated rings. The molecular weight excluding hydrogens is 378 g/mol. The third kappa shape index (κ3) is 4.98. The number of nitrogens with zero attached hydrogens (tertiary/aromatic N) is 3. The number of hydrogen-bond donors (Lipinski definition) is 2. The number of methoxy groups -OCH3 is 2. The Labute approximate surface area is 170 Å². The Hall–Kier alpha value is -2.67. The maximum Gasteiger partial charge on any atom is 0.213 e. The largest absolute Gasteiger partial charge is 0.495 e. The third-order valence-electron chi connectivity index (χ3n) is 4.66. The van der Waals surface area contributed by atoms with Crippen LogP contribution in [0.2, 0.25) is 5.02 Å². The van der Waals surface area contributed by atoms with E-state index in [0.717, 1.165) is 42.6 Å². The molecule has 0 spiro atoms. The van der Waals surface area contributed by atoms with E-state index in [1.54, 1.807) is 21.3 Å². The highest BCUT2D eigenvalue weighted by Gasteiger charge is 2.25. The first-order valence-corrected chi connectivity index (χ1v) is 9.56. The first kappa shape index (κ1) is 20.1. The summed E-state index contributed by atoms with van der Waals surface area (Å²) in [6, 6.07) is 11.7. The number of aromatic nitrogens is 1. The van der Waals surface area contributed by atoms with Gasteiger partial charge < -0.3 is 25.0 Å². The molecule has 2 heterocycles. The molecule has 0 aliphatic carbocycles. The van der Waals surface area contributed by atoms with Crippen LogP contribution in [0.4, 0.5) is 5.69 Å². The number of rotatable bonds is 6. The zero-order valence-electron chi connectivity index (χ0n) is 16.4. The van der Waals surface area contributed by atoms with Crippen molar-refractivity contribution >= 4 is 23.2 Å². The van der Waals surface area contributed by atoms with Crippen LogP contribution >= 0.6 is 11.6 Å². The van der Waals surface area contributed by atoms with E-state index in [1.165, 1.54) is 0 Å². The molecule has 2 N–H and O–H groups in total. The monoisotopic (exact) mass is 403 g/mol. The Morgan fingerprint density at radius 3 is 2.89 bits per heavy atom. The molecule has 150 valence electrons. The Balaban J connectivity index is 1.57. The van der Waals surface area contributed by atoms with E-state index in [-0.39, 0.29) is 6.04 Å². The Morgan fingerprint density at radius 1 is 1.29 bits per heavy atom. The second-order valence-corrected chi connectivity index (χ2v) is 6.93. The lowest BCUT2D eigenvalue weighted by Gasteiger charge is -2.22. The van der Waals surface area contributed by atoms with Crippen LogP contribution in [0.15, 0.2) is 41.4 Å². The minimum absolute atomic E-state index is 0.271. The standard InChI is InChI=1S/C20H26ClN5O2/c1-22-20(23-12-15-5-4-6-19(24-15)28-3)25-16-9-10-26(13-16)17-11-14(21)7-8-18(17)27-2/h4-8,11,16H,9-10,12-13H2,1-3H3,(H2,22,23,25). The summed E-state index contributed by atoms with van der Waals surface area (Å²) in [6.07, 6.45) is 0.994. The van der Waals surface area contributed by atoms with Crippen molar-refractivity contribution in [3.63, 3.8) is 0 Å². The van der Waals surface area contributed by atoms with Crippen LogP contribution < -0.4 is 25.0 Å². The van der Waals surface area contributed by atoms with Gasteiger partial charge in [0.25, 0.3) is 0 Å². The highest BCUT2D eigenvalue weighted by Crippen LogP contribution is 2.33. The van der Waals surface area contributed by atoms with Gasteiger partial charge in [0.1, 0.15) is 5.75 Å². The molecule has 0 bridgehead atoms. The fourth-order valence-electron chi connectivity index (χ4n) is 3.24. The van der Waals surface area contributed by atoms with Crippen molar-refractivity contribution in [2.45, 2.75) is 19.0 Å². The predicted molar refractivity (Wildman–Crippen MR) is 113 cm³/mol. The number of anilines is 1. The average molecular weight is 404 g/mol. The molecule has 1 aliphatic rings. The molecule has 0 radical (unpaired) electrons. The van der Waals surface area contributed by atoms with Crippen LogP contribution in [0.1, 0.15) is 12.1 Å². The van der Waals surface area contributed by atoms with Crippen molar-refractivity contribution in [1.29, 1.82) is 0 Å². The van der Waals surface area contributed by atoms with Gasteiger partial charge in [-0.3, -0.25) is 4.99 Å². The van der Waals surface area contributed by atoms with Crippen molar-refractivity contribution in [3.8, 4) is 11.6 Å². The average Bonchev–Trinajstić information content (AvgIpc) is 3.19. The number of nitrogens with one attached hydrogen (secondary N) is 2. The molecule has 1 atom stereocenters. The molecule has 0 saturated carbocycles. The van der Waals surface area contributed by atoms with E-state index in [1.807, 2.05) is 36.4 Å². The van der Waals surface area contributed by atoms with E-state index in [4.69, 9.17) is 21.1 Å². The maximum atomic E-state index is 6.17. The minimum Gasteiger partial charge on any atom is -0.495 e. The molecule has 2 aromatic rings. The van der Waals surface area contributed by atoms with Crippen molar-refractivity contribution in [2.75, 3.05) is 39.3 Å². The third-order valence-corrected chi connectivity index (χ3v) is 4.90. The summed E-state index contributed by atoms with van der Waals surface area (Å²) in [7, 11) is 5.05. The van der Waals surface area contributed by atoms with Gasteiger partial charge in [0.15, 0.2) is 5.96 Å². The van der Waals surface area contributed by atoms with E-state index in [9.17, 15) is 0 Å². The Morgan fingerprint density at radius 2 is 2.14 bits per heavy atom. The molecule has 1 unspecified atom stereocenters. The molecule has 8 heteroatoms. The van der Waals surface area contributed by atoms with Gasteiger partial charge in [0.05, 0.1) is 32.1 Å². The minimum atomic E-state index is 0.271. The first-order valence-electron chi connectivity index (χ1n) is 9.18. The van der Waals surface area contributed by atoms with Gasteiger partial charge in [0, 0.05) is 37.3 Å². The summed E-state index contributed by atoms with van der Waals surface area (Å²) in [5, 5.41) is 7.49. The summed E-state index contributed by atoms with van der Waals surface area (Å²) in [6.45, 7) is 2.33. The summed E-state index contributed by atoms with van der Waals surface area (Å²) >= 11 is 6.17. The lowest BCUT2D eigenvalue weighted by molar-refractivity contribution is 0.396. The van der Waals surface area contributed by atoms with E-state index >= 15 is 0 Å². The zero-order valence-corrected chi connectivity index (χ0v) is 17.2. The van der Waals surface area contributed by atoms with Crippen LogP contribution in [-0.4, -0.2) is 51.3 Å². The second-order valence-electron chi connectivity index (χ2n) is 6.49. The number of guanidine groups is 1. The van der Waals surface area contributed by atoms with Crippen molar-refractivity contribution in [2.24, 2.45) is 4.99 Å². The Bertz CT molecular complexity index is 830. The van der Waals surface area contributed by atoms with Crippen molar-refractivity contribution in [1.82, 2.24) is 15.6 Å². The molecule has 1 aliphatic heterocycles. The number of ether oxygens (including phenoxy) is 2. The molecule has 1 aromatic heterocycles. The van der Waals surface area contributed by atoms with Crippen molar-refractivity contribution < 1.29 is 9.47 Å². The first-order chi connectivity index (χ1) is 13.6. The molecule has 1 aromatic carbocycles. The molecule has 7 nitrogen and oxygen atoms in total. The second kappa shape index (κ2) is 9.50. The molecule has 3 rings (SSSR count). The number of hydrogen-bond acceptors (Lipinski definition) is 5. The predicted octanol–water partition coefficient (Wildman–Crippen LogP) is 2.70. The number of halogens is 1. The smallest absolute Gasteiger partial charge is 0.213 e. The van der Waals surface area contributed by atoms with Gasteiger partial charge in [-0.15, -0.1) is 0 Å². The highest BCUT2D eigenvalue weighted by molar-refractivity contribution is 6.30. The summed E-state index contributed by atoms with van der Waals surface area (Å²) in [5.41, 5.74) is 1.90. The van der Waals surface area contributed by atoms with E-state index in [2.05, 4.69) is 25.5 Å². The quantitative estimate of drug-likeness (QED) is 0.570. The van der Waals surface area contributed by atoms with Gasteiger partial charge in [-0.2, -0.15) is 0 Å². The molecule has 0 amide bonds. The highest BCUT2D eigenvalue weighted by atomic mass is 35.5. The zero-order chi connectivity index (χ0) is 19.9. The van der Waals surface area contributed by atoms with Crippen LogP contribution in [0.3, 0.4) is 0 Å². The van der Waals surface area contributed by atoms with E-state index < -0.39 is 0 Å². The van der Waals surface area contributed by atoms with Crippen LogP contribution in [0.5, 0.6) is 11.6 Å². The van der Waals surface area contributed by atoms with Crippen LogP contribution in [0.25, 0.3) is 0 Å². The van der Waals surface area contributed by atoms with Crippen LogP contribution in [-0.2, 0) is 6.54 Å². The lowest BCUT2D eigenvalue weighted by atomic mass is 10.2. The van der Waals surface area contributed by atoms with E-state index in [0.29, 0.717) is 17.4 Å². The van der Waals surface area contributed by atoms with Crippen LogP contribution in [0, 0.1) is 0 Å². The summed E-state index contributed by atoms with van der Waals surface area (Å²) in [4.78, 5) is 11.0. The number of benzene rings is 1. The van der Waals surface area contributed by atoms with Gasteiger partial charge in [-0.1, -0.05) is 17.7 Å². The molecule has 28 heavy (non-hydrogen) atoms. The summed E-state index contributed by atoms with van der Waals surface area (Å²) in [5.74, 6) is 2.18. The SMILES string of the molecule is CN=C(NCc1cccc(OC)n1)NC1CCN(c2cc(Cl)ccc2OC)C1. The maximum absolute atomic E-state index is 6.17. The van der Waals surface area contributed by atoms with Gasteiger partial charge >= 0.3 is 0 Å². The number of pyridine rings is 1.